The van der Waals surface area contributed by atoms with E-state index in [1.165, 1.54) is 9.79 Å². The largest absolute Gasteiger partial charge is 0.457 e. The van der Waals surface area contributed by atoms with Crippen molar-refractivity contribution >= 4 is 39.5 Å². The van der Waals surface area contributed by atoms with Gasteiger partial charge in [-0.15, -0.1) is 23.5 Å². The maximum Gasteiger partial charge on any atom is 0.132 e. The molecule has 8 nitrogen and oxygen atoms in total. The standard InChI is InChI=1S/C18H19N3OS.C15H16BrNOS.C3H4N2/c1-19-12-14-11-15(21-10-9-20-13-21)3-8-18(14)22-16-4-6-17(23-2)7-5-16;1-17-10-11-9-12(16)3-8-15(11)18-13-4-6-14(19-2)7-5-13;1-2-5-3-4-1/h3-11,13,19H,12H2,1-2H3;3-9,17H,10H2,1-2H3;1-3H,(H,4,5). The normalized spacial score (nSPS) is 10.3. The Morgan fingerprint density at radius 2 is 1.30 bits per heavy atom. The number of H-pyrrole nitrogens is 1. The molecule has 0 spiro atoms. The summed E-state index contributed by atoms with van der Waals surface area (Å²) in [7, 11) is 3.86. The van der Waals surface area contributed by atoms with Crippen LogP contribution >= 0.6 is 39.5 Å². The van der Waals surface area contributed by atoms with Gasteiger partial charge in [-0.2, -0.15) is 0 Å². The van der Waals surface area contributed by atoms with Crippen LogP contribution in [0.1, 0.15) is 11.1 Å². The van der Waals surface area contributed by atoms with E-state index in [2.05, 4.69) is 90.4 Å². The number of imidazole rings is 2. The van der Waals surface area contributed by atoms with E-state index >= 15 is 0 Å². The van der Waals surface area contributed by atoms with Crippen LogP contribution in [0.2, 0.25) is 0 Å². The monoisotopic (exact) mass is 730 g/mol. The first kappa shape index (κ1) is 35.8. The van der Waals surface area contributed by atoms with Crippen molar-refractivity contribution in [1.29, 1.82) is 0 Å². The van der Waals surface area contributed by atoms with Gasteiger partial charge in [-0.3, -0.25) is 0 Å². The fraction of sp³-hybridized carbons (Fsp3) is 0.167. The molecule has 2 aromatic heterocycles. The zero-order valence-electron chi connectivity index (χ0n) is 26.8. The number of benzene rings is 4. The molecule has 2 heterocycles. The van der Waals surface area contributed by atoms with Crippen LogP contribution in [0.3, 0.4) is 0 Å². The third-order valence-corrected chi connectivity index (χ3v) is 8.56. The van der Waals surface area contributed by atoms with Crippen LogP contribution < -0.4 is 20.1 Å². The minimum atomic E-state index is 0.737. The molecular weight excluding hydrogens is 692 g/mol. The Morgan fingerprint density at radius 1 is 0.723 bits per heavy atom. The van der Waals surface area contributed by atoms with E-state index < -0.39 is 0 Å². The summed E-state index contributed by atoms with van der Waals surface area (Å²) in [4.78, 5) is 13.0. The predicted octanol–water partition coefficient (Wildman–Crippen LogP) is 9.20. The van der Waals surface area contributed by atoms with Gasteiger partial charge < -0.3 is 29.7 Å². The highest BCUT2D eigenvalue weighted by molar-refractivity contribution is 9.10. The lowest BCUT2D eigenvalue weighted by molar-refractivity contribution is 0.473. The first-order chi connectivity index (χ1) is 23.0. The zero-order chi connectivity index (χ0) is 33.3. The van der Waals surface area contributed by atoms with Gasteiger partial charge >= 0.3 is 0 Å². The molecule has 4 aromatic carbocycles. The van der Waals surface area contributed by atoms with Crippen LogP contribution in [-0.4, -0.2) is 46.1 Å². The van der Waals surface area contributed by atoms with Crippen LogP contribution in [0.25, 0.3) is 5.69 Å². The molecular formula is C36H39BrN6O2S2. The molecule has 0 unspecified atom stereocenters. The van der Waals surface area contributed by atoms with Gasteiger partial charge in [0, 0.05) is 69.0 Å². The maximum absolute atomic E-state index is 6.06. The number of thioether (sulfide) groups is 2. The second kappa shape index (κ2) is 19.6. The van der Waals surface area contributed by atoms with Gasteiger partial charge in [-0.1, -0.05) is 15.9 Å². The highest BCUT2D eigenvalue weighted by Crippen LogP contribution is 2.30. The van der Waals surface area contributed by atoms with Crippen LogP contribution in [0.4, 0.5) is 0 Å². The summed E-state index contributed by atoms with van der Waals surface area (Å²) < 4.78 is 15.0. The smallest absolute Gasteiger partial charge is 0.132 e. The number of nitrogens with one attached hydrogen (secondary N) is 3. The van der Waals surface area contributed by atoms with Crippen LogP contribution in [0.5, 0.6) is 23.0 Å². The Bertz CT molecular complexity index is 1720. The molecule has 0 aliphatic rings. The van der Waals surface area contributed by atoms with Gasteiger partial charge in [0.05, 0.1) is 12.7 Å². The van der Waals surface area contributed by atoms with Crippen molar-refractivity contribution in [2.45, 2.75) is 22.9 Å². The SMILES string of the molecule is CNCc1cc(-n2ccnc2)ccc1Oc1ccc(SC)cc1.CNCc1cc(Br)ccc1Oc1ccc(SC)cc1.c1c[nH]cn1. The second-order valence-electron chi connectivity index (χ2n) is 9.89. The summed E-state index contributed by atoms with van der Waals surface area (Å²) in [5.74, 6) is 3.45. The highest BCUT2D eigenvalue weighted by atomic mass is 79.9. The molecule has 0 amide bonds. The zero-order valence-corrected chi connectivity index (χ0v) is 30.0. The van der Waals surface area contributed by atoms with E-state index in [0.29, 0.717) is 0 Å². The number of rotatable bonds is 11. The van der Waals surface area contributed by atoms with E-state index in [1.54, 1.807) is 54.8 Å². The quantitative estimate of drug-likeness (QED) is 0.114. The van der Waals surface area contributed by atoms with Crippen LogP contribution in [0.15, 0.2) is 137 Å². The van der Waals surface area contributed by atoms with Crippen molar-refractivity contribution in [2.24, 2.45) is 0 Å². The number of aromatic nitrogens is 4. The topological polar surface area (TPSA) is 89.0 Å². The summed E-state index contributed by atoms with van der Waals surface area (Å²) >= 11 is 6.93. The predicted molar refractivity (Wildman–Crippen MR) is 198 cm³/mol. The number of hydrogen-bond acceptors (Lipinski definition) is 8. The van der Waals surface area contributed by atoms with Crippen molar-refractivity contribution in [3.8, 4) is 28.7 Å². The third kappa shape index (κ3) is 11.6. The first-order valence-electron chi connectivity index (χ1n) is 14.8. The van der Waals surface area contributed by atoms with Crippen molar-refractivity contribution in [2.75, 3.05) is 26.6 Å². The Morgan fingerprint density at radius 3 is 1.74 bits per heavy atom. The van der Waals surface area contributed by atoms with Crippen molar-refractivity contribution < 1.29 is 9.47 Å². The maximum atomic E-state index is 6.06. The fourth-order valence-electron chi connectivity index (χ4n) is 4.30. The molecule has 0 saturated heterocycles. The third-order valence-electron chi connectivity index (χ3n) is 6.58. The molecule has 0 radical (unpaired) electrons. The number of halogens is 1. The molecule has 6 rings (SSSR count). The van der Waals surface area contributed by atoms with Crippen molar-refractivity contribution in [3.63, 3.8) is 0 Å². The average Bonchev–Trinajstić information content (AvgIpc) is 3.87. The molecule has 0 saturated carbocycles. The number of ether oxygens (including phenoxy) is 2. The Hall–Kier alpha value is -4.00. The number of hydrogen-bond donors (Lipinski definition) is 3. The summed E-state index contributed by atoms with van der Waals surface area (Å²) in [6.07, 6.45) is 14.7. The van der Waals surface area contributed by atoms with Gasteiger partial charge in [0.15, 0.2) is 0 Å². The van der Waals surface area contributed by atoms with Gasteiger partial charge in [0.2, 0.25) is 0 Å². The Kier molecular flexibility index (Phi) is 15.0. The number of aromatic amines is 1. The number of nitrogens with zero attached hydrogens (tertiary/aromatic N) is 3. The summed E-state index contributed by atoms with van der Waals surface area (Å²) in [5.41, 5.74) is 3.30. The van der Waals surface area contributed by atoms with E-state index in [1.807, 2.05) is 73.4 Å². The summed E-state index contributed by atoms with van der Waals surface area (Å²) in [6, 6.07) is 28.5. The molecule has 0 aliphatic carbocycles. The van der Waals surface area contributed by atoms with Gasteiger partial charge in [0.1, 0.15) is 23.0 Å². The summed E-state index contributed by atoms with van der Waals surface area (Å²) in [6.45, 7) is 1.51. The lowest BCUT2D eigenvalue weighted by atomic mass is 10.1. The lowest BCUT2D eigenvalue weighted by Gasteiger charge is -2.13. The molecule has 11 heteroatoms. The molecule has 6 aromatic rings. The molecule has 0 bridgehead atoms. The van der Waals surface area contributed by atoms with E-state index in [-0.39, 0.29) is 0 Å². The first-order valence-corrected chi connectivity index (χ1v) is 18.0. The van der Waals surface area contributed by atoms with E-state index in [4.69, 9.17) is 9.47 Å². The van der Waals surface area contributed by atoms with Gasteiger partial charge in [0.25, 0.3) is 0 Å². The second-order valence-corrected chi connectivity index (χ2v) is 12.6. The molecule has 244 valence electrons. The minimum absolute atomic E-state index is 0.737. The van der Waals surface area contributed by atoms with Gasteiger partial charge in [-0.25, -0.2) is 9.97 Å². The molecule has 3 N–H and O–H groups in total. The lowest BCUT2D eigenvalue weighted by Crippen LogP contribution is -2.07. The van der Waals surface area contributed by atoms with Gasteiger partial charge in [-0.05, 0) is 112 Å². The van der Waals surface area contributed by atoms with Crippen LogP contribution in [-0.2, 0) is 13.1 Å². The molecule has 0 atom stereocenters. The van der Waals surface area contributed by atoms with Crippen LogP contribution in [0, 0.1) is 0 Å². The van der Waals surface area contributed by atoms with E-state index in [9.17, 15) is 0 Å². The molecule has 0 fully saturated rings. The van der Waals surface area contributed by atoms with E-state index in [0.717, 1.165) is 57.4 Å². The fourth-order valence-corrected chi connectivity index (χ4v) is 5.52. The van der Waals surface area contributed by atoms with Crippen molar-refractivity contribution in [1.82, 2.24) is 30.2 Å². The Balaban J connectivity index is 0.000000187. The minimum Gasteiger partial charge on any atom is -0.457 e. The summed E-state index contributed by atoms with van der Waals surface area (Å²) in [5, 5.41) is 6.34. The Labute approximate surface area is 293 Å². The molecule has 47 heavy (non-hydrogen) atoms. The molecule has 0 aliphatic heterocycles. The van der Waals surface area contributed by atoms with Crippen molar-refractivity contribution in [3.05, 3.63) is 138 Å². The highest BCUT2D eigenvalue weighted by Gasteiger charge is 2.08. The average molecular weight is 732 g/mol.